The van der Waals surface area contributed by atoms with E-state index in [9.17, 15) is 49.0 Å². The number of carbonyl (C=O) groups is 7. The first-order chi connectivity index (χ1) is 57.6. The van der Waals surface area contributed by atoms with Crippen LogP contribution < -0.4 is 72.6 Å². The summed E-state index contributed by atoms with van der Waals surface area (Å²) in [5.41, 5.74) is 6.29. The Balaban J connectivity index is -0.000000438. The van der Waals surface area contributed by atoms with Gasteiger partial charge in [-0.15, -0.1) is 0 Å². The topological polar surface area (TPSA) is 478 Å². The van der Waals surface area contributed by atoms with Crippen molar-refractivity contribution < 1.29 is 156 Å². The van der Waals surface area contributed by atoms with Gasteiger partial charge in [0.05, 0.1) is 42.3 Å². The molecule has 5 saturated carbocycles. The molecule has 0 bridgehead atoms. The molecule has 7 N–H and O–H groups in total. The van der Waals surface area contributed by atoms with Gasteiger partial charge in [0, 0.05) is 74.8 Å². The molecule has 0 unspecified atom stereocenters. The molecule has 0 aromatic carbocycles. The van der Waals surface area contributed by atoms with E-state index in [4.69, 9.17) is 99.3 Å². The van der Waals surface area contributed by atoms with Crippen molar-refractivity contribution in [1.29, 1.82) is 5.32 Å². The van der Waals surface area contributed by atoms with Crippen LogP contribution in [0.5, 0.6) is 0 Å². The van der Waals surface area contributed by atoms with Crippen molar-refractivity contribution in [1.82, 2.24) is 45.2 Å². The second-order valence-corrected chi connectivity index (χ2v) is 50.1. The number of anilines is 4. The summed E-state index contributed by atoms with van der Waals surface area (Å²) in [6.45, 7) is 18.2. The second-order valence-electron chi connectivity index (χ2n) is 26.8. The number of nitrogens with one attached hydrogen (secondary N) is 1. The number of nitrogens with two attached hydrogens (primary N) is 1. The summed E-state index contributed by atoms with van der Waals surface area (Å²) < 4.78 is 68.0. The van der Waals surface area contributed by atoms with Crippen LogP contribution in [0, 0.1) is 49.8 Å². The SMILES string of the molecule is C.C.CC(=O)O.CC[C@@H](N)C(=O)OC.CC[C@@H](NCC1CC1)C(=O)CO.CC[C@@H]1C(=O)Cc2cnc(Cl)nc2N1CC1CC1.CC[C@@H]1C(=O)N(C)c2cnc(Cl)nc2N1CC1CC1.CC[C@H](C(=O)OC)N(CC1CC1)c1nc(Cl)ncc1[N+](=O)[O-].CP(C)(C)(OO)OO.O=CC1CC1.O=[N+]([O-])c1cnc(Cl)nc1Cl.[2H]I([2H])I.[2H][I-]I([2H])I.[2H][I-][2H].[2H][V]([2H])[I].[Fe]. The molecule has 686 valence electrons. The Morgan fingerprint density at radius 3 is 1.60 bits per heavy atom. The summed E-state index contributed by atoms with van der Waals surface area (Å²) in [6, 6.07) is -1.39. The smallest absolute Gasteiger partial charge is 0 e. The molecule has 5 atom stereocenters. The molecule has 0 spiro atoms. The van der Waals surface area contributed by atoms with E-state index in [2.05, 4.69) is 94.6 Å². The summed E-state index contributed by atoms with van der Waals surface area (Å²) in [5.74, 6) is 3.44. The number of esters is 2. The van der Waals surface area contributed by atoms with Gasteiger partial charge >= 0.3 is 220 Å². The Morgan fingerprint density at radius 1 is 0.814 bits per heavy atom. The Hall–Kier alpha value is -0.776. The van der Waals surface area contributed by atoms with Gasteiger partial charge in [-0.05, 0) is 173 Å². The van der Waals surface area contributed by atoms with Crippen molar-refractivity contribution in [2.75, 3.05) is 93.6 Å². The van der Waals surface area contributed by atoms with Crippen LogP contribution in [0.2, 0.25) is 26.3 Å². The van der Waals surface area contributed by atoms with Crippen LogP contribution in [0.25, 0.3) is 0 Å². The van der Waals surface area contributed by atoms with Crippen LogP contribution in [0.1, 0.15) is 158 Å². The van der Waals surface area contributed by atoms with E-state index in [0.29, 0.717) is 49.5 Å². The number of halogens is 12. The van der Waals surface area contributed by atoms with Crippen molar-refractivity contribution in [3.05, 3.63) is 76.9 Å². The third-order valence-electron chi connectivity index (χ3n) is 16.7. The average Bonchev–Trinajstić information content (AvgIpc) is 1.49. The normalized spacial score (nSPS) is 17.5. The largest absolute Gasteiger partial charge is 0 e. The summed E-state index contributed by atoms with van der Waals surface area (Å²) in [6.07, 6.45) is 22.2. The summed E-state index contributed by atoms with van der Waals surface area (Å²) in [5, 5.41) is 56.9. The molecule has 0 saturated heterocycles. The molecule has 50 heteroatoms. The van der Waals surface area contributed by atoms with Crippen LogP contribution in [0.15, 0.2) is 24.8 Å². The number of aliphatic hydroxyl groups is 1. The van der Waals surface area contributed by atoms with Gasteiger partial charge < -0.3 is 55.1 Å². The molecule has 118 heavy (non-hydrogen) atoms. The number of ketones is 2. The predicted octanol–water partition coefficient (Wildman–Crippen LogP) is 7.96. The van der Waals surface area contributed by atoms with E-state index in [0.717, 1.165) is 119 Å². The van der Waals surface area contributed by atoms with E-state index in [1.807, 2.05) is 66.3 Å². The van der Waals surface area contributed by atoms with Crippen molar-refractivity contribution in [3.8, 4) is 0 Å². The van der Waals surface area contributed by atoms with Gasteiger partial charge in [0.2, 0.25) is 38.0 Å². The fourth-order valence-electron chi connectivity index (χ4n) is 9.75. The molecule has 4 aromatic heterocycles. The van der Waals surface area contributed by atoms with Crippen molar-refractivity contribution in [3.63, 3.8) is 0 Å². The van der Waals surface area contributed by atoms with Gasteiger partial charge in [-0.1, -0.05) is 61.1 Å². The molecule has 7 aliphatic rings. The van der Waals surface area contributed by atoms with Crippen molar-refractivity contribution in [2.45, 2.75) is 189 Å². The predicted molar refractivity (Wildman–Crippen MR) is 499 cm³/mol. The molecule has 5 aliphatic carbocycles. The third kappa shape index (κ3) is 50.1. The summed E-state index contributed by atoms with van der Waals surface area (Å²) in [7, 11) is 1.41. The maximum Gasteiger partial charge on any atom is 0 e. The third-order valence-corrected chi connectivity index (χ3v) is 18.8. The van der Waals surface area contributed by atoms with Crippen LogP contribution >= 0.6 is 154 Å². The number of hydrogen-bond acceptors (Lipinski definition) is 31. The zero-order chi connectivity index (χ0) is 94.8. The van der Waals surface area contributed by atoms with E-state index >= 15 is 0 Å². The van der Waals surface area contributed by atoms with Gasteiger partial charge in [-0.2, -0.15) is 15.0 Å². The average molecular weight is 2670 g/mol. The number of carbonyl (C=O) groups excluding carboxylic acids is 6. The van der Waals surface area contributed by atoms with Gasteiger partial charge in [-0.3, -0.25) is 44.2 Å². The fraction of sp³-hybridized carbons (Fsp3) is 0.662. The number of hydrogen-bond donors (Lipinski definition) is 6. The fourth-order valence-corrected chi connectivity index (χ4v) is 10.5. The number of aromatic nitrogens is 8. The van der Waals surface area contributed by atoms with E-state index in [-0.39, 0.29) is 124 Å². The number of nitrogens with zero attached hydrogens (tertiary/aromatic N) is 14. The standard InChI is InChI=1S/C13H17ClN4O4.C13H17ClN4O.C13H16ClN3O.C9H17NO2.C5H11NO2.C4HCl2N3O2.C4H6O.C3H11O4P.C2H4O2.2CH4.Fe.H2I3.H2I2.H2I.HI.V.2H/c1-3-9(12(19)22-2)17(7-8-4-5-8)11-10(18(20)21)6-15-13(14)16-11;1-3-9-12(19)17(2)10-6-15-13(14)16-11(10)18(9)7-8-4-5-8;1-2-10-11(18)5-9-6-15-13(14)16-12(9)17(10)7-8-3-4-8;1-2-8(9(12)6-11)10-5-7-3-4-7;1-3-4(6)5(7)8-2;5-3-2(9(10)11)1-7-4(6)8-3;5-3-4-1-2-4;1-8(2,3,6-4)7-5;1-2(3)4;;;;1-3-2;1-2;;;;;/h6,8-9H,3-5,7H2,1-2H3;6,8-9H,3-5,7H2,1-2H3;6,8,10H,2-5,7H2,1H3;7-8,10-11H,2-6H2,1H3;4H,3,6H2,1-2H3;1H;3-4H,1-2H2;4-5H,1-3H3;1H3,(H,3,4);2*1H4;;1,3H;1H2;1H2;1H;;;/q;;;;;;;;;;;;-1;;-1;;+1;;/p-1/t2*9-;10-;8-;4-;;;;;;;;;;;;;;/m11111............../s1/i;;;;;;;;;;;;1D,3D;2*1D2;;;2*1+1. The monoisotopic (exact) mass is 2670 g/mol. The zero-order valence-corrected chi connectivity index (χ0v) is 87.8. The molecular formula is C68H116Cl5FeI7N16O19PV-2. The minimum absolute atomic E-state index is 0. The van der Waals surface area contributed by atoms with Gasteiger partial charge in [0.1, 0.15) is 54.9 Å². The number of aldehydes is 1. The number of methoxy groups -OCH3 is 2. The first-order valence-electron chi connectivity index (χ1n) is 38.4. The minimum atomic E-state index is -2.99. The number of aliphatic carboxylic acids is 1. The summed E-state index contributed by atoms with van der Waals surface area (Å²) in [4.78, 5) is 135. The quantitative estimate of drug-likeness (QED) is 0.00331. The van der Waals surface area contributed by atoms with E-state index < -0.39 is 128 Å². The van der Waals surface area contributed by atoms with Crippen molar-refractivity contribution in [2.24, 2.45) is 35.3 Å². The van der Waals surface area contributed by atoms with Crippen LogP contribution in [-0.4, -0.2) is 222 Å². The molecule has 6 heterocycles. The molecule has 2 aliphatic heterocycles. The first-order valence-corrected chi connectivity index (χ1v) is 63.9. The number of carboxylic acids is 1. The molecular weight excluding hydrogens is 2550 g/mol. The maximum atomic E-state index is 12.4. The Bertz CT molecular complexity index is 3870. The molecule has 35 nitrogen and oxygen atoms in total. The molecule has 4 aromatic rings. The van der Waals surface area contributed by atoms with Crippen LogP contribution in [-0.2, 0) is 89.6 Å². The minimum Gasteiger partial charge on any atom is 0 e. The number of carboxylic acid groups (broad SMARTS) is 1. The number of aliphatic hydroxyl groups excluding tert-OH is 1. The second kappa shape index (κ2) is 67.5. The van der Waals surface area contributed by atoms with E-state index in [1.54, 1.807) is 29.2 Å². The molecule has 0 radical (unpaired) electrons. The van der Waals surface area contributed by atoms with Gasteiger partial charge in [-0.25, -0.2) is 29.7 Å². The van der Waals surface area contributed by atoms with Gasteiger partial charge in [0.15, 0.2) is 17.4 Å². The Labute approximate surface area is 821 Å². The molecule has 11 rings (SSSR count). The first kappa shape index (κ1) is 110. The number of nitro groups is 2. The summed E-state index contributed by atoms with van der Waals surface area (Å²) >= 11 is 27.9. The van der Waals surface area contributed by atoms with E-state index in [1.165, 1.54) is 72.7 Å². The molecule has 1 amide bonds. The zero-order valence-electron chi connectivity index (χ0n) is 73.5. The number of amides is 1. The number of ether oxygens (including phenoxy) is 2. The molecule has 5 fully saturated rings. The van der Waals surface area contributed by atoms with Crippen LogP contribution in [0.4, 0.5) is 34.5 Å². The van der Waals surface area contributed by atoms with Crippen LogP contribution in [0.3, 0.4) is 0 Å². The Morgan fingerprint density at radius 2 is 1.25 bits per heavy atom. The number of likely N-dealkylation sites (N-methyl/N-ethyl adjacent to an activating group) is 1. The maximum absolute atomic E-state index is 12.4. The Kier molecular flexibility index (Phi) is 62.6. The van der Waals surface area contributed by atoms with Crippen molar-refractivity contribution >= 4 is 230 Å². The van der Waals surface area contributed by atoms with Gasteiger partial charge in [0.25, 0.3) is 5.97 Å². The number of Topliss-reactive ketones (excluding diaryl/α,β-unsaturated/α-hetero) is 2. The number of fused-ring (bicyclic) bond motifs is 2. The number of rotatable bonds is 26.